The smallest absolute Gasteiger partial charge is 0.0903 e. The first-order chi connectivity index (χ1) is 5.36. The van der Waals surface area contributed by atoms with Gasteiger partial charge in [-0.15, -0.1) is 11.3 Å². The van der Waals surface area contributed by atoms with Crippen LogP contribution in [0.25, 0.3) is 6.08 Å². The van der Waals surface area contributed by atoms with Gasteiger partial charge in [0.05, 0.1) is 15.6 Å². The number of hydrogen-bond donors (Lipinski definition) is 0. The number of fused-ring (bicyclic) bond motifs is 1. The van der Waals surface area contributed by atoms with Crippen molar-refractivity contribution < 1.29 is 0 Å². The fraction of sp³-hybridized carbons (Fsp3) is 0.222. The molecular formula is C9H9NS. The van der Waals surface area contributed by atoms with Crippen LogP contribution < -0.4 is 0 Å². The van der Waals surface area contributed by atoms with Gasteiger partial charge in [-0.1, -0.05) is 18.2 Å². The number of allylic oxidation sites excluding steroid dienone is 3. The Kier molecular flexibility index (Phi) is 1.62. The lowest BCUT2D eigenvalue weighted by Crippen LogP contribution is -1.82. The third-order valence-electron chi connectivity index (χ3n) is 1.64. The first-order valence-electron chi connectivity index (χ1n) is 3.66. The van der Waals surface area contributed by atoms with Crippen molar-refractivity contribution in [3.63, 3.8) is 0 Å². The summed E-state index contributed by atoms with van der Waals surface area (Å²) in [5.41, 5.74) is 1.22. The first-order valence-corrected chi connectivity index (χ1v) is 4.47. The zero-order valence-corrected chi connectivity index (χ0v) is 7.19. The van der Waals surface area contributed by atoms with Crippen molar-refractivity contribution in [1.82, 2.24) is 4.98 Å². The summed E-state index contributed by atoms with van der Waals surface area (Å²) in [6.45, 7) is 2.05. The van der Waals surface area contributed by atoms with Gasteiger partial charge in [-0.2, -0.15) is 0 Å². The van der Waals surface area contributed by atoms with Gasteiger partial charge in [0, 0.05) is 6.42 Å². The normalized spacial score (nSPS) is 14.6. The Labute approximate surface area is 70.1 Å². The van der Waals surface area contributed by atoms with Crippen LogP contribution in [0.1, 0.15) is 15.6 Å². The first kappa shape index (κ1) is 6.80. The van der Waals surface area contributed by atoms with Gasteiger partial charge in [0.15, 0.2) is 0 Å². The van der Waals surface area contributed by atoms with E-state index in [9.17, 15) is 0 Å². The average molecular weight is 163 g/mol. The molecule has 11 heavy (non-hydrogen) atoms. The molecule has 2 rings (SSSR count). The van der Waals surface area contributed by atoms with Gasteiger partial charge in [0.1, 0.15) is 0 Å². The molecule has 0 atom stereocenters. The molecule has 0 fully saturated rings. The summed E-state index contributed by atoms with van der Waals surface area (Å²) in [6.07, 6.45) is 9.39. The summed E-state index contributed by atoms with van der Waals surface area (Å²) in [6, 6.07) is 0. The van der Waals surface area contributed by atoms with Crippen LogP contribution in [0, 0.1) is 6.92 Å². The maximum Gasteiger partial charge on any atom is 0.0903 e. The van der Waals surface area contributed by atoms with Gasteiger partial charge in [0.25, 0.3) is 0 Å². The molecule has 0 amide bonds. The molecule has 56 valence electrons. The van der Waals surface area contributed by atoms with Crippen LogP contribution >= 0.6 is 11.3 Å². The van der Waals surface area contributed by atoms with Gasteiger partial charge in [0.2, 0.25) is 0 Å². The van der Waals surface area contributed by atoms with E-state index in [1.165, 1.54) is 10.6 Å². The van der Waals surface area contributed by atoms with Crippen LogP contribution in [-0.2, 0) is 6.42 Å². The predicted octanol–water partition coefficient (Wildman–Crippen LogP) is 2.58. The van der Waals surface area contributed by atoms with E-state index in [0.29, 0.717) is 0 Å². The largest absolute Gasteiger partial charge is 0.246 e. The lowest BCUT2D eigenvalue weighted by atomic mass is 10.3. The second kappa shape index (κ2) is 2.62. The molecule has 1 aromatic heterocycles. The fourth-order valence-electron chi connectivity index (χ4n) is 1.16. The van der Waals surface area contributed by atoms with E-state index in [1.807, 2.05) is 0 Å². The molecule has 2 heteroatoms. The molecule has 1 aliphatic rings. The van der Waals surface area contributed by atoms with Crippen molar-refractivity contribution in [3.05, 3.63) is 33.8 Å². The van der Waals surface area contributed by atoms with E-state index >= 15 is 0 Å². The lowest BCUT2D eigenvalue weighted by Gasteiger charge is -1.87. The molecule has 0 aromatic carbocycles. The minimum Gasteiger partial charge on any atom is -0.246 e. The van der Waals surface area contributed by atoms with E-state index in [1.54, 1.807) is 11.3 Å². The Hall–Kier alpha value is -0.890. The van der Waals surface area contributed by atoms with Crippen LogP contribution in [0.15, 0.2) is 18.2 Å². The van der Waals surface area contributed by atoms with Gasteiger partial charge in [-0.25, -0.2) is 4.98 Å². The highest BCUT2D eigenvalue weighted by molar-refractivity contribution is 7.12. The average Bonchev–Trinajstić information content (AvgIpc) is 2.17. The molecular weight excluding hydrogens is 154 g/mol. The number of rotatable bonds is 0. The van der Waals surface area contributed by atoms with Crippen LogP contribution in [-0.4, -0.2) is 4.98 Å². The maximum absolute atomic E-state index is 4.43. The summed E-state index contributed by atoms with van der Waals surface area (Å²) in [5.74, 6) is 0. The van der Waals surface area contributed by atoms with Gasteiger partial charge >= 0.3 is 0 Å². The van der Waals surface area contributed by atoms with E-state index in [0.717, 1.165) is 11.4 Å². The number of hydrogen-bond acceptors (Lipinski definition) is 2. The van der Waals surface area contributed by atoms with Crippen LogP contribution in [0.5, 0.6) is 0 Å². The molecule has 1 aliphatic carbocycles. The molecule has 0 saturated carbocycles. The third kappa shape index (κ3) is 1.26. The standard InChI is InChI=1S/C9H9NS/c1-7-10-8-5-3-2-4-6-9(8)11-7/h2-4,6H,5H2,1H3. The van der Waals surface area contributed by atoms with E-state index in [-0.39, 0.29) is 0 Å². The van der Waals surface area contributed by atoms with Crippen molar-refractivity contribution in [3.8, 4) is 0 Å². The molecule has 0 N–H and O–H groups in total. The van der Waals surface area contributed by atoms with Crippen molar-refractivity contribution in [1.29, 1.82) is 0 Å². The van der Waals surface area contributed by atoms with Gasteiger partial charge in [-0.05, 0) is 13.0 Å². The Balaban J connectivity index is 2.51. The van der Waals surface area contributed by atoms with Gasteiger partial charge < -0.3 is 0 Å². The van der Waals surface area contributed by atoms with E-state index < -0.39 is 0 Å². The van der Waals surface area contributed by atoms with Crippen LogP contribution in [0.4, 0.5) is 0 Å². The van der Waals surface area contributed by atoms with Crippen molar-refractivity contribution in [2.24, 2.45) is 0 Å². The second-order valence-electron chi connectivity index (χ2n) is 2.54. The quantitative estimate of drug-likeness (QED) is 0.573. The summed E-state index contributed by atoms with van der Waals surface area (Å²) in [7, 11) is 0. The minimum absolute atomic E-state index is 0.979. The summed E-state index contributed by atoms with van der Waals surface area (Å²) >= 11 is 1.77. The Morgan fingerprint density at radius 3 is 3.27 bits per heavy atom. The number of aromatic nitrogens is 1. The predicted molar refractivity (Wildman–Crippen MR) is 48.7 cm³/mol. The number of nitrogens with zero attached hydrogens (tertiary/aromatic N) is 1. The number of thiazole rings is 1. The molecule has 1 aromatic rings. The van der Waals surface area contributed by atoms with Crippen LogP contribution in [0.2, 0.25) is 0 Å². The molecule has 0 saturated heterocycles. The minimum atomic E-state index is 0.979. The highest BCUT2D eigenvalue weighted by Gasteiger charge is 2.05. The van der Waals surface area contributed by atoms with Crippen LogP contribution in [0.3, 0.4) is 0 Å². The van der Waals surface area contributed by atoms with Crippen molar-refractivity contribution in [2.45, 2.75) is 13.3 Å². The lowest BCUT2D eigenvalue weighted by molar-refractivity contribution is 1.12. The van der Waals surface area contributed by atoms with E-state index in [4.69, 9.17) is 0 Å². The van der Waals surface area contributed by atoms with Gasteiger partial charge in [-0.3, -0.25) is 0 Å². The summed E-state index contributed by atoms with van der Waals surface area (Å²) < 4.78 is 0. The highest BCUT2D eigenvalue weighted by atomic mass is 32.1. The molecule has 1 heterocycles. The molecule has 0 bridgehead atoms. The van der Waals surface area contributed by atoms with Crippen molar-refractivity contribution in [2.75, 3.05) is 0 Å². The zero-order valence-electron chi connectivity index (χ0n) is 6.37. The zero-order chi connectivity index (χ0) is 7.68. The Morgan fingerprint density at radius 1 is 1.45 bits per heavy atom. The third-order valence-corrected chi connectivity index (χ3v) is 2.62. The fourth-order valence-corrected chi connectivity index (χ4v) is 2.03. The molecule has 0 unspecified atom stereocenters. The molecule has 0 aliphatic heterocycles. The maximum atomic E-state index is 4.43. The van der Waals surface area contributed by atoms with Crippen molar-refractivity contribution >= 4 is 17.4 Å². The number of aryl methyl sites for hydroxylation is 1. The molecule has 0 radical (unpaired) electrons. The SMILES string of the molecule is Cc1nc2c(s1)C=CC=CC2. The second-order valence-corrected chi connectivity index (χ2v) is 3.77. The topological polar surface area (TPSA) is 12.9 Å². The molecule has 0 spiro atoms. The summed E-state index contributed by atoms with van der Waals surface area (Å²) in [5, 5.41) is 1.16. The Morgan fingerprint density at radius 2 is 2.36 bits per heavy atom. The molecule has 1 nitrogen and oxygen atoms in total. The monoisotopic (exact) mass is 163 g/mol. The highest BCUT2D eigenvalue weighted by Crippen LogP contribution is 2.21. The Bertz CT molecular complexity index is 320. The summed E-state index contributed by atoms with van der Waals surface area (Å²) in [4.78, 5) is 5.74. The van der Waals surface area contributed by atoms with E-state index in [2.05, 4.69) is 36.2 Å².